The standard InChI is InChI=1S/C21H27N3/c1-4-21-15(2)20(14-23-21)16(3)24-10-8-18(9-11-24)19-7-5-6-17(12-19)13-22/h4-7,12,14,18,23H,2-3,8-11,13,22H2,1H3/b21-4+. The summed E-state index contributed by atoms with van der Waals surface area (Å²) in [5, 5.41) is 2.12. The number of likely N-dealkylation sites (tertiary alicyclic amines) is 1. The van der Waals surface area contributed by atoms with Crippen molar-refractivity contribution in [3.05, 3.63) is 64.3 Å². The molecule has 0 spiro atoms. The van der Waals surface area contributed by atoms with E-state index in [-0.39, 0.29) is 0 Å². The summed E-state index contributed by atoms with van der Waals surface area (Å²) < 4.78 is 0. The van der Waals surface area contributed by atoms with Crippen molar-refractivity contribution in [2.24, 2.45) is 5.73 Å². The van der Waals surface area contributed by atoms with Crippen molar-refractivity contribution >= 4 is 18.4 Å². The molecule has 3 nitrogen and oxygen atoms in total. The third-order valence-electron chi connectivity index (χ3n) is 5.16. The van der Waals surface area contributed by atoms with Crippen LogP contribution in [0.25, 0.3) is 18.4 Å². The predicted octanol–water partition coefficient (Wildman–Crippen LogP) is 2.53. The number of benzene rings is 1. The number of nitrogens with one attached hydrogen (secondary N) is 1. The summed E-state index contributed by atoms with van der Waals surface area (Å²) >= 11 is 0. The minimum absolute atomic E-state index is 0.611. The fourth-order valence-corrected chi connectivity index (χ4v) is 3.61. The molecule has 1 aliphatic rings. The molecule has 1 aliphatic heterocycles. The highest BCUT2D eigenvalue weighted by Crippen LogP contribution is 2.31. The molecule has 0 radical (unpaired) electrons. The van der Waals surface area contributed by atoms with Gasteiger partial charge in [0.25, 0.3) is 0 Å². The van der Waals surface area contributed by atoms with Gasteiger partial charge in [0.1, 0.15) is 0 Å². The Bertz CT molecular complexity index is 823. The van der Waals surface area contributed by atoms with Gasteiger partial charge in [-0.15, -0.1) is 0 Å². The first kappa shape index (κ1) is 16.6. The lowest BCUT2D eigenvalue weighted by molar-refractivity contribution is 0.299. The first-order valence-corrected chi connectivity index (χ1v) is 8.69. The van der Waals surface area contributed by atoms with Crippen LogP contribution in [0, 0.1) is 0 Å². The molecule has 0 unspecified atom stereocenters. The molecule has 0 aliphatic carbocycles. The average Bonchev–Trinajstić information content (AvgIpc) is 3.02. The van der Waals surface area contributed by atoms with Gasteiger partial charge in [-0.05, 0) is 36.8 Å². The van der Waals surface area contributed by atoms with Crippen molar-refractivity contribution in [1.29, 1.82) is 0 Å². The van der Waals surface area contributed by atoms with Gasteiger partial charge in [-0.1, -0.05) is 43.5 Å². The molecule has 24 heavy (non-hydrogen) atoms. The highest BCUT2D eigenvalue weighted by atomic mass is 15.1. The first-order chi connectivity index (χ1) is 11.6. The Kier molecular flexibility index (Phi) is 4.91. The van der Waals surface area contributed by atoms with E-state index >= 15 is 0 Å². The minimum atomic E-state index is 0.611. The molecule has 3 heteroatoms. The smallest absolute Gasteiger partial charge is 0.0411 e. The number of nitrogens with two attached hydrogens (primary N) is 1. The van der Waals surface area contributed by atoms with Crippen LogP contribution in [0.4, 0.5) is 0 Å². The summed E-state index contributed by atoms with van der Waals surface area (Å²) in [5.74, 6) is 0.616. The average molecular weight is 321 g/mol. The number of hydrogen-bond acceptors (Lipinski definition) is 2. The highest BCUT2D eigenvalue weighted by molar-refractivity contribution is 5.62. The second-order valence-electron chi connectivity index (χ2n) is 6.54. The Balaban J connectivity index is 1.69. The SMILES string of the molecule is C=C(c1c[nH]/c(=C/C)c1=C)N1CCC(c2cccc(CN)c2)CC1. The second-order valence-corrected chi connectivity index (χ2v) is 6.54. The number of aromatic amines is 1. The molecule has 3 rings (SSSR count). The molecule has 0 bridgehead atoms. The lowest BCUT2D eigenvalue weighted by atomic mass is 9.88. The second kappa shape index (κ2) is 7.10. The van der Waals surface area contributed by atoms with E-state index in [1.807, 2.05) is 13.1 Å². The van der Waals surface area contributed by atoms with E-state index in [0.29, 0.717) is 12.5 Å². The van der Waals surface area contributed by atoms with Gasteiger partial charge in [-0.2, -0.15) is 0 Å². The third kappa shape index (κ3) is 3.17. The van der Waals surface area contributed by atoms with E-state index in [9.17, 15) is 0 Å². The van der Waals surface area contributed by atoms with Gasteiger partial charge in [0.15, 0.2) is 0 Å². The molecule has 0 amide bonds. The summed E-state index contributed by atoms with van der Waals surface area (Å²) in [4.78, 5) is 5.66. The zero-order valence-corrected chi connectivity index (χ0v) is 14.5. The highest BCUT2D eigenvalue weighted by Gasteiger charge is 2.22. The minimum Gasteiger partial charge on any atom is -0.371 e. The van der Waals surface area contributed by atoms with E-state index in [4.69, 9.17) is 5.73 Å². The van der Waals surface area contributed by atoms with E-state index in [2.05, 4.69) is 53.4 Å². The number of rotatable bonds is 4. The van der Waals surface area contributed by atoms with Crippen LogP contribution in [0.2, 0.25) is 0 Å². The molecule has 1 saturated heterocycles. The lowest BCUT2D eigenvalue weighted by Crippen LogP contribution is -2.33. The molecular formula is C21H27N3. The van der Waals surface area contributed by atoms with Gasteiger partial charge in [0.05, 0.1) is 0 Å². The van der Waals surface area contributed by atoms with Crippen LogP contribution in [-0.2, 0) is 6.54 Å². The normalized spacial score (nSPS) is 16.6. The summed E-state index contributed by atoms with van der Waals surface area (Å²) in [6.45, 7) is 13.2. The Labute approximate surface area is 144 Å². The van der Waals surface area contributed by atoms with Gasteiger partial charge in [0, 0.05) is 47.7 Å². The molecule has 2 aromatic rings. The lowest BCUT2D eigenvalue weighted by Gasteiger charge is -2.35. The van der Waals surface area contributed by atoms with E-state index in [1.54, 1.807) is 0 Å². The van der Waals surface area contributed by atoms with Crippen LogP contribution in [0.5, 0.6) is 0 Å². The molecule has 1 aromatic carbocycles. The maximum atomic E-state index is 5.77. The maximum absolute atomic E-state index is 5.77. The van der Waals surface area contributed by atoms with Gasteiger partial charge < -0.3 is 15.6 Å². The fourth-order valence-electron chi connectivity index (χ4n) is 3.61. The fraction of sp³-hybridized carbons (Fsp3) is 0.333. The maximum Gasteiger partial charge on any atom is 0.0411 e. The summed E-state index contributed by atoms with van der Waals surface area (Å²) in [6.07, 6.45) is 6.37. The number of nitrogens with zero attached hydrogens (tertiary/aromatic N) is 1. The molecule has 1 aromatic heterocycles. The van der Waals surface area contributed by atoms with Crippen molar-refractivity contribution in [3.8, 4) is 0 Å². The number of aromatic nitrogens is 1. The number of hydrogen-bond donors (Lipinski definition) is 2. The summed E-state index contributed by atoms with van der Waals surface area (Å²) in [7, 11) is 0. The summed E-state index contributed by atoms with van der Waals surface area (Å²) in [6, 6.07) is 8.72. The number of piperidine rings is 1. The van der Waals surface area contributed by atoms with Crippen molar-refractivity contribution in [2.75, 3.05) is 13.1 Å². The van der Waals surface area contributed by atoms with Crippen molar-refractivity contribution in [1.82, 2.24) is 9.88 Å². The molecule has 0 saturated carbocycles. The van der Waals surface area contributed by atoms with Gasteiger partial charge in [-0.25, -0.2) is 0 Å². The quantitative estimate of drug-likeness (QED) is 0.909. The zero-order chi connectivity index (χ0) is 17.1. The third-order valence-corrected chi connectivity index (χ3v) is 5.16. The Morgan fingerprint density at radius 1 is 1.38 bits per heavy atom. The van der Waals surface area contributed by atoms with Crippen LogP contribution < -0.4 is 16.3 Å². The van der Waals surface area contributed by atoms with Gasteiger partial charge >= 0.3 is 0 Å². The predicted molar refractivity (Wildman–Crippen MR) is 103 cm³/mol. The molecule has 126 valence electrons. The van der Waals surface area contributed by atoms with Crippen molar-refractivity contribution in [2.45, 2.75) is 32.2 Å². The van der Waals surface area contributed by atoms with Crippen LogP contribution in [0.1, 0.15) is 42.4 Å². The summed E-state index contributed by atoms with van der Waals surface area (Å²) in [5.41, 5.74) is 10.6. The Morgan fingerprint density at radius 3 is 2.75 bits per heavy atom. The van der Waals surface area contributed by atoms with Crippen molar-refractivity contribution < 1.29 is 0 Å². The molecule has 3 N–H and O–H groups in total. The van der Waals surface area contributed by atoms with Gasteiger partial charge in [0.2, 0.25) is 0 Å². The van der Waals surface area contributed by atoms with Gasteiger partial charge in [-0.3, -0.25) is 0 Å². The van der Waals surface area contributed by atoms with E-state index in [1.165, 1.54) is 11.1 Å². The topological polar surface area (TPSA) is 45.0 Å². The van der Waals surface area contributed by atoms with Crippen LogP contribution in [0.3, 0.4) is 0 Å². The van der Waals surface area contributed by atoms with Crippen LogP contribution in [0.15, 0.2) is 37.0 Å². The molecular weight excluding hydrogens is 294 g/mol. The van der Waals surface area contributed by atoms with Crippen LogP contribution in [-0.4, -0.2) is 23.0 Å². The first-order valence-electron chi connectivity index (χ1n) is 8.69. The molecule has 0 atom stereocenters. The van der Waals surface area contributed by atoms with Crippen LogP contribution >= 0.6 is 0 Å². The largest absolute Gasteiger partial charge is 0.371 e. The molecule has 2 heterocycles. The number of H-pyrrole nitrogens is 1. The zero-order valence-electron chi connectivity index (χ0n) is 14.5. The van der Waals surface area contributed by atoms with E-state index in [0.717, 1.165) is 47.8 Å². The Hall–Kier alpha value is -2.26. The Morgan fingerprint density at radius 2 is 2.12 bits per heavy atom. The monoisotopic (exact) mass is 321 g/mol. The molecule has 1 fully saturated rings. The van der Waals surface area contributed by atoms with Crippen molar-refractivity contribution in [3.63, 3.8) is 0 Å². The van der Waals surface area contributed by atoms with E-state index < -0.39 is 0 Å².